The quantitative estimate of drug-likeness (QED) is 0.874. The van der Waals surface area contributed by atoms with Gasteiger partial charge < -0.3 is 5.73 Å². The normalized spacial score (nSPS) is 13.1. The molecule has 0 saturated carbocycles. The highest BCUT2D eigenvalue weighted by Gasteiger charge is 2.10. The molecule has 1 atom stereocenters. The van der Waals surface area contributed by atoms with Gasteiger partial charge in [-0.25, -0.2) is 0 Å². The van der Waals surface area contributed by atoms with Crippen molar-refractivity contribution >= 4 is 15.9 Å². The second kappa shape index (κ2) is 6.40. The van der Waals surface area contributed by atoms with Gasteiger partial charge in [0.15, 0.2) is 0 Å². The summed E-state index contributed by atoms with van der Waals surface area (Å²) in [6.45, 7) is 4.21. The SMILES string of the molecule is CCCC(N)CCCc1c(Br)c(C)nn1C. The Morgan fingerprint density at radius 2 is 2.12 bits per heavy atom. The van der Waals surface area contributed by atoms with E-state index in [0.29, 0.717) is 6.04 Å². The van der Waals surface area contributed by atoms with E-state index in [0.717, 1.165) is 35.8 Å². The zero-order chi connectivity index (χ0) is 12.1. The molecule has 0 amide bonds. The van der Waals surface area contributed by atoms with Crippen LogP contribution in [0.15, 0.2) is 4.47 Å². The van der Waals surface area contributed by atoms with Crippen LogP contribution in [0.1, 0.15) is 44.0 Å². The number of hydrogen-bond donors (Lipinski definition) is 1. The Balaban J connectivity index is 2.43. The van der Waals surface area contributed by atoms with Crippen LogP contribution in [0.3, 0.4) is 0 Å². The maximum Gasteiger partial charge on any atom is 0.0738 e. The lowest BCUT2D eigenvalue weighted by molar-refractivity contribution is 0.531. The Morgan fingerprint density at radius 1 is 1.44 bits per heavy atom. The highest BCUT2D eigenvalue weighted by atomic mass is 79.9. The van der Waals surface area contributed by atoms with E-state index >= 15 is 0 Å². The zero-order valence-electron chi connectivity index (χ0n) is 10.5. The molecule has 92 valence electrons. The van der Waals surface area contributed by atoms with Gasteiger partial charge in [0.05, 0.1) is 15.9 Å². The molecule has 16 heavy (non-hydrogen) atoms. The third-order valence-electron chi connectivity index (χ3n) is 2.91. The number of halogens is 1. The summed E-state index contributed by atoms with van der Waals surface area (Å²) in [5.74, 6) is 0. The molecule has 1 aromatic rings. The maximum atomic E-state index is 6.00. The van der Waals surface area contributed by atoms with E-state index < -0.39 is 0 Å². The van der Waals surface area contributed by atoms with Gasteiger partial charge in [-0.2, -0.15) is 5.10 Å². The van der Waals surface area contributed by atoms with Gasteiger partial charge in [-0.05, 0) is 48.5 Å². The van der Waals surface area contributed by atoms with Gasteiger partial charge in [0.1, 0.15) is 0 Å². The number of aromatic nitrogens is 2. The topological polar surface area (TPSA) is 43.8 Å². The molecule has 3 nitrogen and oxygen atoms in total. The van der Waals surface area contributed by atoms with Gasteiger partial charge in [-0.3, -0.25) is 4.68 Å². The third-order valence-corrected chi connectivity index (χ3v) is 3.94. The first-order valence-corrected chi connectivity index (χ1v) is 6.79. The second-order valence-electron chi connectivity index (χ2n) is 4.41. The van der Waals surface area contributed by atoms with Crippen molar-refractivity contribution < 1.29 is 0 Å². The predicted octanol–water partition coefficient (Wildman–Crippen LogP) is 2.94. The first-order chi connectivity index (χ1) is 7.56. The van der Waals surface area contributed by atoms with Crippen LogP contribution >= 0.6 is 15.9 Å². The van der Waals surface area contributed by atoms with Crippen molar-refractivity contribution in [3.05, 3.63) is 15.9 Å². The third kappa shape index (κ3) is 3.59. The minimum Gasteiger partial charge on any atom is -0.328 e. The second-order valence-corrected chi connectivity index (χ2v) is 5.20. The smallest absolute Gasteiger partial charge is 0.0738 e. The fourth-order valence-corrected chi connectivity index (χ4v) is 2.53. The van der Waals surface area contributed by atoms with Crippen molar-refractivity contribution in [3.63, 3.8) is 0 Å². The summed E-state index contributed by atoms with van der Waals surface area (Å²) < 4.78 is 3.11. The Labute approximate surface area is 107 Å². The van der Waals surface area contributed by atoms with Gasteiger partial charge in [-0.15, -0.1) is 0 Å². The lowest BCUT2D eigenvalue weighted by Crippen LogP contribution is -2.19. The summed E-state index contributed by atoms with van der Waals surface area (Å²) in [6, 6.07) is 0.359. The standard InChI is InChI=1S/C12H22BrN3/c1-4-6-10(14)7-5-8-11-12(13)9(2)15-16(11)3/h10H,4-8,14H2,1-3H3. The van der Waals surface area contributed by atoms with E-state index in [9.17, 15) is 0 Å². The van der Waals surface area contributed by atoms with Crippen LogP contribution in [-0.2, 0) is 13.5 Å². The lowest BCUT2D eigenvalue weighted by Gasteiger charge is -2.09. The van der Waals surface area contributed by atoms with Crippen molar-refractivity contribution in [2.24, 2.45) is 12.8 Å². The molecule has 1 rings (SSSR count). The van der Waals surface area contributed by atoms with Crippen molar-refractivity contribution in [2.75, 3.05) is 0 Å². The van der Waals surface area contributed by atoms with Crippen molar-refractivity contribution in [3.8, 4) is 0 Å². The molecular weight excluding hydrogens is 266 g/mol. The van der Waals surface area contributed by atoms with Gasteiger partial charge in [-0.1, -0.05) is 13.3 Å². The van der Waals surface area contributed by atoms with Crippen LogP contribution < -0.4 is 5.73 Å². The molecule has 0 aromatic carbocycles. The molecular formula is C12H22BrN3. The molecule has 1 aromatic heterocycles. The number of nitrogens with zero attached hydrogens (tertiary/aromatic N) is 2. The van der Waals surface area contributed by atoms with E-state index in [1.165, 1.54) is 12.1 Å². The first-order valence-electron chi connectivity index (χ1n) is 5.99. The minimum absolute atomic E-state index is 0.359. The molecule has 1 heterocycles. The van der Waals surface area contributed by atoms with Crippen molar-refractivity contribution in [1.82, 2.24) is 9.78 Å². The van der Waals surface area contributed by atoms with E-state index in [4.69, 9.17) is 5.73 Å². The number of rotatable bonds is 6. The van der Waals surface area contributed by atoms with Crippen LogP contribution in [0.2, 0.25) is 0 Å². The number of nitrogens with two attached hydrogens (primary N) is 1. The monoisotopic (exact) mass is 287 g/mol. The largest absolute Gasteiger partial charge is 0.328 e. The van der Waals surface area contributed by atoms with Gasteiger partial charge in [0.2, 0.25) is 0 Å². The molecule has 0 aliphatic carbocycles. The summed E-state index contributed by atoms with van der Waals surface area (Å²) in [7, 11) is 2.00. The Morgan fingerprint density at radius 3 is 2.62 bits per heavy atom. The first kappa shape index (κ1) is 13.7. The molecule has 0 fully saturated rings. The zero-order valence-corrected chi connectivity index (χ0v) is 12.0. The Kier molecular flexibility index (Phi) is 5.49. The molecule has 0 aliphatic rings. The van der Waals surface area contributed by atoms with Gasteiger partial charge in [0.25, 0.3) is 0 Å². The van der Waals surface area contributed by atoms with E-state index in [1.54, 1.807) is 0 Å². The van der Waals surface area contributed by atoms with Crippen LogP contribution in [-0.4, -0.2) is 15.8 Å². The molecule has 4 heteroatoms. The van der Waals surface area contributed by atoms with E-state index in [2.05, 4.69) is 28.0 Å². The number of aryl methyl sites for hydroxylation is 2. The van der Waals surface area contributed by atoms with Crippen LogP contribution in [0, 0.1) is 6.92 Å². The summed E-state index contributed by atoms with van der Waals surface area (Å²) in [4.78, 5) is 0. The summed E-state index contributed by atoms with van der Waals surface area (Å²) in [5, 5.41) is 4.38. The summed E-state index contributed by atoms with van der Waals surface area (Å²) in [5.41, 5.74) is 8.34. The van der Waals surface area contributed by atoms with Crippen molar-refractivity contribution in [1.29, 1.82) is 0 Å². The average Bonchev–Trinajstić information content (AvgIpc) is 2.45. The maximum absolute atomic E-state index is 6.00. The fourth-order valence-electron chi connectivity index (χ4n) is 2.00. The highest BCUT2D eigenvalue weighted by Crippen LogP contribution is 2.22. The number of hydrogen-bond acceptors (Lipinski definition) is 2. The summed E-state index contributed by atoms with van der Waals surface area (Å²) in [6.07, 6.45) is 5.60. The molecule has 2 N–H and O–H groups in total. The molecule has 0 aliphatic heterocycles. The molecule has 0 bridgehead atoms. The van der Waals surface area contributed by atoms with E-state index in [-0.39, 0.29) is 0 Å². The van der Waals surface area contributed by atoms with Crippen LogP contribution in [0.4, 0.5) is 0 Å². The highest BCUT2D eigenvalue weighted by molar-refractivity contribution is 9.10. The molecule has 1 unspecified atom stereocenters. The summed E-state index contributed by atoms with van der Waals surface area (Å²) >= 11 is 3.58. The Bertz CT molecular complexity index is 333. The van der Waals surface area contributed by atoms with Crippen molar-refractivity contribution in [2.45, 2.75) is 52.0 Å². The van der Waals surface area contributed by atoms with Crippen LogP contribution in [0.25, 0.3) is 0 Å². The fraction of sp³-hybridized carbons (Fsp3) is 0.750. The van der Waals surface area contributed by atoms with Crippen LogP contribution in [0.5, 0.6) is 0 Å². The predicted molar refractivity (Wildman–Crippen MR) is 71.5 cm³/mol. The molecule has 0 spiro atoms. The van der Waals surface area contributed by atoms with Gasteiger partial charge >= 0.3 is 0 Å². The molecule has 0 radical (unpaired) electrons. The minimum atomic E-state index is 0.359. The molecule has 0 saturated heterocycles. The Hall–Kier alpha value is -0.350. The lowest BCUT2D eigenvalue weighted by atomic mass is 10.0. The van der Waals surface area contributed by atoms with E-state index in [1.807, 2.05) is 18.7 Å². The average molecular weight is 288 g/mol. The van der Waals surface area contributed by atoms with Gasteiger partial charge in [0, 0.05) is 13.1 Å².